The lowest BCUT2D eigenvalue weighted by atomic mass is 10.3. The molecule has 1 N–H and O–H groups in total. The molecule has 8 nitrogen and oxygen atoms in total. The molecule has 0 aliphatic heterocycles. The molecular weight excluding hydrogens is 287 g/mol. The van der Waals surface area contributed by atoms with Crippen molar-refractivity contribution in [3.05, 3.63) is 34.1 Å². The lowest BCUT2D eigenvalue weighted by molar-refractivity contribution is -0.387. The van der Waals surface area contributed by atoms with E-state index in [9.17, 15) is 24.1 Å². The summed E-state index contributed by atoms with van der Waals surface area (Å²) in [5.41, 5.74) is -0.688. The normalized spacial score (nSPS) is 10.0. The van der Waals surface area contributed by atoms with Crippen molar-refractivity contribution in [2.75, 3.05) is 20.2 Å². The summed E-state index contributed by atoms with van der Waals surface area (Å²) < 4.78 is 18.3. The Bertz CT molecular complexity index is 563. The van der Waals surface area contributed by atoms with Crippen LogP contribution in [0.4, 0.5) is 10.1 Å². The second-order valence-electron chi connectivity index (χ2n) is 4.12. The zero-order valence-corrected chi connectivity index (χ0v) is 11.1. The van der Waals surface area contributed by atoms with Crippen LogP contribution in [0.2, 0.25) is 0 Å². The summed E-state index contributed by atoms with van der Waals surface area (Å²) in [5.74, 6) is -2.62. The van der Waals surface area contributed by atoms with E-state index in [1.807, 2.05) is 0 Å². The highest BCUT2D eigenvalue weighted by Crippen LogP contribution is 2.22. The van der Waals surface area contributed by atoms with Crippen LogP contribution < -0.4 is 4.74 Å². The molecule has 0 saturated carbocycles. The first-order valence-corrected chi connectivity index (χ1v) is 5.83. The Morgan fingerprint density at radius 2 is 2.14 bits per heavy atom. The van der Waals surface area contributed by atoms with Gasteiger partial charge in [-0.05, 0) is 6.07 Å². The molecule has 0 radical (unpaired) electrons. The molecule has 1 aromatic rings. The van der Waals surface area contributed by atoms with Crippen molar-refractivity contribution in [3.8, 4) is 5.75 Å². The van der Waals surface area contributed by atoms with Crippen LogP contribution in [-0.2, 0) is 9.59 Å². The van der Waals surface area contributed by atoms with Crippen LogP contribution in [0.5, 0.6) is 5.75 Å². The molecule has 0 bridgehead atoms. The van der Waals surface area contributed by atoms with Crippen molar-refractivity contribution in [1.29, 1.82) is 0 Å². The molecule has 9 heteroatoms. The van der Waals surface area contributed by atoms with Crippen LogP contribution in [0.1, 0.15) is 6.42 Å². The largest absolute Gasteiger partial charge is 0.484 e. The molecule has 1 rings (SSSR count). The van der Waals surface area contributed by atoms with Crippen LogP contribution in [0.25, 0.3) is 0 Å². The van der Waals surface area contributed by atoms with E-state index < -0.39 is 34.9 Å². The Morgan fingerprint density at radius 1 is 1.48 bits per heavy atom. The number of ether oxygens (including phenoxy) is 1. The van der Waals surface area contributed by atoms with Gasteiger partial charge >= 0.3 is 11.7 Å². The highest BCUT2D eigenvalue weighted by atomic mass is 19.1. The molecule has 0 aromatic heterocycles. The van der Waals surface area contributed by atoms with Gasteiger partial charge in [0.1, 0.15) is 5.75 Å². The minimum Gasteiger partial charge on any atom is -0.484 e. The van der Waals surface area contributed by atoms with Crippen LogP contribution in [0.15, 0.2) is 18.2 Å². The number of nitrogens with zero attached hydrogens (tertiary/aromatic N) is 2. The van der Waals surface area contributed by atoms with Gasteiger partial charge in [0.25, 0.3) is 5.91 Å². The number of hydrogen-bond donors (Lipinski definition) is 1. The molecule has 0 fully saturated rings. The Balaban J connectivity index is 2.55. The fourth-order valence-electron chi connectivity index (χ4n) is 1.37. The standard InChI is InChI=1S/C12H13FN2O6/c1-14(5-4-12(17)18)11(16)7-21-8-2-3-10(15(19)20)9(13)6-8/h2-3,6H,4-5,7H2,1H3,(H,17,18). The molecule has 0 saturated heterocycles. The summed E-state index contributed by atoms with van der Waals surface area (Å²) in [4.78, 5) is 32.7. The van der Waals surface area contributed by atoms with Gasteiger partial charge < -0.3 is 14.7 Å². The highest BCUT2D eigenvalue weighted by molar-refractivity contribution is 5.78. The third kappa shape index (κ3) is 5.05. The number of halogens is 1. The topological polar surface area (TPSA) is 110 Å². The maximum atomic E-state index is 13.3. The number of amides is 1. The van der Waals surface area contributed by atoms with E-state index in [1.165, 1.54) is 13.1 Å². The Kier molecular flexibility index (Phi) is 5.58. The molecule has 0 atom stereocenters. The fourth-order valence-corrected chi connectivity index (χ4v) is 1.37. The van der Waals surface area contributed by atoms with Crippen molar-refractivity contribution in [3.63, 3.8) is 0 Å². The molecule has 0 aliphatic rings. The number of carbonyl (C=O) groups excluding carboxylic acids is 1. The second-order valence-corrected chi connectivity index (χ2v) is 4.12. The SMILES string of the molecule is CN(CCC(=O)O)C(=O)COc1ccc([N+](=O)[O-])c(F)c1. The number of hydrogen-bond acceptors (Lipinski definition) is 5. The number of nitro benzene ring substituents is 1. The van der Waals surface area contributed by atoms with Crippen molar-refractivity contribution in [1.82, 2.24) is 4.90 Å². The van der Waals surface area contributed by atoms with E-state index in [0.29, 0.717) is 0 Å². The van der Waals surface area contributed by atoms with E-state index >= 15 is 0 Å². The summed E-state index contributed by atoms with van der Waals surface area (Å²) in [6.07, 6.45) is -0.200. The summed E-state index contributed by atoms with van der Waals surface area (Å²) in [6, 6.07) is 2.91. The molecule has 0 heterocycles. The Morgan fingerprint density at radius 3 is 2.67 bits per heavy atom. The summed E-state index contributed by atoms with van der Waals surface area (Å²) in [5, 5.41) is 18.9. The van der Waals surface area contributed by atoms with E-state index in [1.54, 1.807) is 0 Å². The van der Waals surface area contributed by atoms with Crippen molar-refractivity contribution < 1.29 is 28.7 Å². The van der Waals surface area contributed by atoms with Gasteiger partial charge in [-0.2, -0.15) is 4.39 Å². The van der Waals surface area contributed by atoms with Crippen LogP contribution in [0, 0.1) is 15.9 Å². The highest BCUT2D eigenvalue weighted by Gasteiger charge is 2.15. The van der Waals surface area contributed by atoms with Crippen molar-refractivity contribution in [2.45, 2.75) is 6.42 Å². The zero-order chi connectivity index (χ0) is 16.0. The number of nitro groups is 1. The molecule has 0 aliphatic carbocycles. The molecule has 1 amide bonds. The minimum atomic E-state index is -1.07. The van der Waals surface area contributed by atoms with Gasteiger partial charge in [0, 0.05) is 25.7 Å². The number of rotatable bonds is 7. The van der Waals surface area contributed by atoms with Gasteiger partial charge in [-0.25, -0.2) is 0 Å². The monoisotopic (exact) mass is 300 g/mol. The average molecular weight is 300 g/mol. The zero-order valence-electron chi connectivity index (χ0n) is 11.1. The number of carboxylic acids is 1. The Hall–Kier alpha value is -2.71. The van der Waals surface area contributed by atoms with Crippen molar-refractivity contribution in [2.24, 2.45) is 0 Å². The smallest absolute Gasteiger partial charge is 0.305 e. The summed E-state index contributed by atoms with van der Waals surface area (Å²) in [6.45, 7) is -0.403. The molecular formula is C12H13FN2O6. The Labute approximate surface area is 118 Å². The summed E-state index contributed by atoms with van der Waals surface area (Å²) >= 11 is 0. The quantitative estimate of drug-likeness (QED) is 0.595. The van der Waals surface area contributed by atoms with E-state index in [2.05, 4.69) is 0 Å². The fraction of sp³-hybridized carbons (Fsp3) is 0.333. The van der Waals surface area contributed by atoms with E-state index in [-0.39, 0.29) is 18.7 Å². The third-order valence-electron chi connectivity index (χ3n) is 2.56. The van der Waals surface area contributed by atoms with Crippen molar-refractivity contribution >= 4 is 17.6 Å². The lowest BCUT2D eigenvalue weighted by Gasteiger charge is -2.16. The first-order chi connectivity index (χ1) is 9.81. The first kappa shape index (κ1) is 16.3. The van der Waals surface area contributed by atoms with E-state index in [4.69, 9.17) is 9.84 Å². The number of carbonyl (C=O) groups is 2. The first-order valence-electron chi connectivity index (χ1n) is 5.83. The lowest BCUT2D eigenvalue weighted by Crippen LogP contribution is -2.33. The number of carboxylic acid groups (broad SMARTS) is 1. The number of benzene rings is 1. The number of likely N-dealkylation sites (N-methyl/N-ethyl adjacent to an activating group) is 1. The third-order valence-corrected chi connectivity index (χ3v) is 2.56. The predicted molar refractivity (Wildman–Crippen MR) is 68.4 cm³/mol. The van der Waals surface area contributed by atoms with Crippen LogP contribution in [0.3, 0.4) is 0 Å². The van der Waals surface area contributed by atoms with Gasteiger partial charge in [0.15, 0.2) is 6.61 Å². The van der Waals surface area contributed by atoms with Crippen LogP contribution >= 0.6 is 0 Å². The van der Waals surface area contributed by atoms with Gasteiger partial charge in [-0.3, -0.25) is 19.7 Å². The maximum absolute atomic E-state index is 13.3. The van der Waals surface area contributed by atoms with E-state index in [0.717, 1.165) is 17.0 Å². The maximum Gasteiger partial charge on any atom is 0.305 e. The molecule has 1 aromatic carbocycles. The molecule has 114 valence electrons. The molecule has 0 unspecified atom stereocenters. The number of aliphatic carboxylic acids is 1. The van der Waals surface area contributed by atoms with Gasteiger partial charge in [0.05, 0.1) is 11.3 Å². The average Bonchev–Trinajstić information content (AvgIpc) is 2.41. The predicted octanol–water partition coefficient (Wildman–Crippen LogP) is 1.05. The minimum absolute atomic E-state index is 0.0200. The summed E-state index contributed by atoms with van der Waals surface area (Å²) in [7, 11) is 1.41. The van der Waals surface area contributed by atoms with Gasteiger partial charge in [-0.15, -0.1) is 0 Å². The molecule has 0 spiro atoms. The van der Waals surface area contributed by atoms with Gasteiger partial charge in [-0.1, -0.05) is 0 Å². The molecule has 21 heavy (non-hydrogen) atoms. The second kappa shape index (κ2) is 7.17. The van der Waals surface area contributed by atoms with Gasteiger partial charge in [0.2, 0.25) is 5.82 Å². The van der Waals surface area contributed by atoms with Crippen LogP contribution in [-0.4, -0.2) is 47.0 Å².